The molecule has 0 aliphatic rings. The van der Waals surface area contributed by atoms with Crippen LogP contribution in [-0.2, 0) is 6.42 Å². The number of fused-ring (bicyclic) bond motifs is 1. The van der Waals surface area contributed by atoms with Gasteiger partial charge in [0.25, 0.3) is 5.69 Å². The first kappa shape index (κ1) is 11.1. The van der Waals surface area contributed by atoms with Gasteiger partial charge in [0.05, 0.1) is 10.5 Å². The minimum absolute atomic E-state index is 0.0708. The minimum Gasteiger partial charge on any atom is -0.478 e. The zero-order valence-electron chi connectivity index (χ0n) is 9.06. The van der Waals surface area contributed by atoms with Crippen LogP contribution in [0, 0.1) is 10.1 Å². The van der Waals surface area contributed by atoms with E-state index in [1.807, 2.05) is 6.92 Å². The molecule has 1 aromatic heterocycles. The van der Waals surface area contributed by atoms with Gasteiger partial charge in [0.1, 0.15) is 5.52 Å². The smallest absolute Gasteiger partial charge is 0.335 e. The van der Waals surface area contributed by atoms with E-state index >= 15 is 0 Å². The van der Waals surface area contributed by atoms with Gasteiger partial charge in [-0.05, 0) is 18.1 Å². The van der Waals surface area contributed by atoms with E-state index in [1.54, 1.807) is 6.20 Å². The summed E-state index contributed by atoms with van der Waals surface area (Å²) >= 11 is 0. The number of nitro groups is 1. The van der Waals surface area contributed by atoms with E-state index in [2.05, 4.69) is 4.98 Å². The van der Waals surface area contributed by atoms with E-state index in [4.69, 9.17) is 5.11 Å². The van der Waals surface area contributed by atoms with Gasteiger partial charge in [-0.15, -0.1) is 0 Å². The number of hydrogen-bond acceptors (Lipinski definition) is 3. The molecule has 0 radical (unpaired) electrons. The standard InChI is InChI=1S/C11H10N2O4/c1-2-6-5-12-10-8(6)3-7(11(14)15)4-9(10)13(16)17/h3-5,12H,2H2,1H3,(H,14,15). The Hall–Kier alpha value is -2.37. The van der Waals surface area contributed by atoms with Crippen molar-refractivity contribution in [2.75, 3.05) is 0 Å². The lowest BCUT2D eigenvalue weighted by Crippen LogP contribution is -1.99. The lowest BCUT2D eigenvalue weighted by molar-refractivity contribution is -0.383. The number of aromatic carboxylic acids is 1. The van der Waals surface area contributed by atoms with E-state index in [0.29, 0.717) is 17.3 Å². The Morgan fingerprint density at radius 3 is 2.76 bits per heavy atom. The number of carbonyl (C=O) groups is 1. The van der Waals surface area contributed by atoms with Crippen LogP contribution >= 0.6 is 0 Å². The molecule has 0 atom stereocenters. The average Bonchev–Trinajstić information content (AvgIpc) is 2.69. The summed E-state index contributed by atoms with van der Waals surface area (Å²) in [5.41, 5.74) is 0.959. The molecule has 2 rings (SSSR count). The molecule has 17 heavy (non-hydrogen) atoms. The van der Waals surface area contributed by atoms with Crippen molar-refractivity contribution in [3.63, 3.8) is 0 Å². The normalized spacial score (nSPS) is 10.6. The van der Waals surface area contributed by atoms with Crippen LogP contribution in [0.5, 0.6) is 0 Å². The second kappa shape index (κ2) is 3.89. The molecular formula is C11H10N2O4. The molecule has 0 saturated carbocycles. The van der Waals surface area contributed by atoms with E-state index in [0.717, 1.165) is 11.6 Å². The lowest BCUT2D eigenvalue weighted by Gasteiger charge is -1.99. The summed E-state index contributed by atoms with van der Waals surface area (Å²) in [6.45, 7) is 1.90. The van der Waals surface area contributed by atoms with Crippen LogP contribution in [-0.4, -0.2) is 21.0 Å². The molecule has 1 aromatic carbocycles. The fourth-order valence-corrected chi connectivity index (χ4v) is 1.83. The van der Waals surface area contributed by atoms with Crippen LogP contribution < -0.4 is 0 Å². The van der Waals surface area contributed by atoms with Gasteiger partial charge < -0.3 is 10.1 Å². The molecule has 0 saturated heterocycles. The Balaban J connectivity index is 2.83. The van der Waals surface area contributed by atoms with Gasteiger partial charge in [0.15, 0.2) is 0 Å². The van der Waals surface area contributed by atoms with Crippen molar-refractivity contribution in [1.29, 1.82) is 0 Å². The third-order valence-electron chi connectivity index (χ3n) is 2.68. The Morgan fingerprint density at radius 2 is 2.24 bits per heavy atom. The first-order chi connectivity index (χ1) is 8.04. The highest BCUT2D eigenvalue weighted by molar-refractivity contribution is 5.99. The van der Waals surface area contributed by atoms with Crippen molar-refractivity contribution in [2.45, 2.75) is 13.3 Å². The maximum absolute atomic E-state index is 10.9. The number of hydrogen-bond donors (Lipinski definition) is 2. The molecule has 88 valence electrons. The molecule has 0 aliphatic carbocycles. The molecule has 6 heteroatoms. The van der Waals surface area contributed by atoms with Crippen molar-refractivity contribution >= 4 is 22.6 Å². The predicted molar refractivity (Wildman–Crippen MR) is 61.3 cm³/mol. The fraction of sp³-hybridized carbons (Fsp3) is 0.182. The Labute approximate surface area is 96.0 Å². The van der Waals surface area contributed by atoms with Gasteiger partial charge >= 0.3 is 5.97 Å². The lowest BCUT2D eigenvalue weighted by atomic mass is 10.1. The highest BCUT2D eigenvalue weighted by atomic mass is 16.6. The number of carboxylic acids is 1. The summed E-state index contributed by atoms with van der Waals surface area (Å²) in [4.78, 5) is 24.0. The number of carboxylic acid groups (broad SMARTS) is 1. The van der Waals surface area contributed by atoms with Gasteiger partial charge in [-0.2, -0.15) is 0 Å². The maximum atomic E-state index is 10.9. The molecular weight excluding hydrogens is 224 g/mol. The highest BCUT2D eigenvalue weighted by Gasteiger charge is 2.19. The second-order valence-corrected chi connectivity index (χ2v) is 3.65. The number of rotatable bonds is 3. The number of nitrogens with zero attached hydrogens (tertiary/aromatic N) is 1. The molecule has 2 aromatic rings. The van der Waals surface area contributed by atoms with Crippen LogP contribution in [0.2, 0.25) is 0 Å². The molecule has 6 nitrogen and oxygen atoms in total. The Kier molecular flexibility index (Phi) is 2.55. The Bertz CT molecular complexity index is 615. The van der Waals surface area contributed by atoms with Crippen LogP contribution in [0.25, 0.3) is 10.9 Å². The quantitative estimate of drug-likeness (QED) is 0.629. The number of nitrogens with one attached hydrogen (secondary N) is 1. The van der Waals surface area contributed by atoms with Crippen LogP contribution in [0.4, 0.5) is 5.69 Å². The monoisotopic (exact) mass is 234 g/mol. The topological polar surface area (TPSA) is 96.2 Å². The van der Waals surface area contributed by atoms with Gasteiger partial charge in [0.2, 0.25) is 0 Å². The number of aryl methyl sites for hydroxylation is 1. The molecule has 0 unspecified atom stereocenters. The SMILES string of the molecule is CCc1c[nH]c2c([N+](=O)[O-])cc(C(=O)O)cc12. The number of benzene rings is 1. The summed E-state index contributed by atoms with van der Waals surface area (Å²) in [5, 5.41) is 20.4. The van der Waals surface area contributed by atoms with E-state index in [9.17, 15) is 14.9 Å². The molecule has 0 bridgehead atoms. The number of nitro benzene ring substituents is 1. The molecule has 0 spiro atoms. The molecule has 0 aliphatic heterocycles. The largest absolute Gasteiger partial charge is 0.478 e. The fourth-order valence-electron chi connectivity index (χ4n) is 1.83. The summed E-state index contributed by atoms with van der Waals surface area (Å²) in [7, 11) is 0. The van der Waals surface area contributed by atoms with Crippen molar-refractivity contribution < 1.29 is 14.8 Å². The highest BCUT2D eigenvalue weighted by Crippen LogP contribution is 2.29. The first-order valence-corrected chi connectivity index (χ1v) is 5.06. The first-order valence-electron chi connectivity index (χ1n) is 5.06. The van der Waals surface area contributed by atoms with Gasteiger partial charge in [-0.1, -0.05) is 6.92 Å². The van der Waals surface area contributed by atoms with Gasteiger partial charge in [-0.3, -0.25) is 10.1 Å². The minimum atomic E-state index is -1.17. The molecule has 0 amide bonds. The third kappa shape index (κ3) is 1.73. The zero-order valence-corrected chi connectivity index (χ0v) is 9.06. The number of aromatic nitrogens is 1. The van der Waals surface area contributed by atoms with E-state index in [1.165, 1.54) is 6.07 Å². The van der Waals surface area contributed by atoms with Crippen LogP contribution in [0.3, 0.4) is 0 Å². The summed E-state index contributed by atoms with van der Waals surface area (Å²) in [6, 6.07) is 2.53. The van der Waals surface area contributed by atoms with Crippen molar-refractivity contribution in [2.24, 2.45) is 0 Å². The van der Waals surface area contributed by atoms with Crippen LogP contribution in [0.1, 0.15) is 22.8 Å². The molecule has 2 N–H and O–H groups in total. The average molecular weight is 234 g/mol. The number of H-pyrrole nitrogens is 1. The number of aromatic amines is 1. The maximum Gasteiger partial charge on any atom is 0.335 e. The van der Waals surface area contributed by atoms with Crippen LogP contribution in [0.15, 0.2) is 18.3 Å². The summed E-state index contributed by atoms with van der Waals surface area (Å²) in [5.74, 6) is -1.17. The van der Waals surface area contributed by atoms with Gasteiger partial charge in [0, 0.05) is 17.6 Å². The van der Waals surface area contributed by atoms with E-state index in [-0.39, 0.29) is 11.3 Å². The molecule has 0 fully saturated rings. The summed E-state index contributed by atoms with van der Waals surface area (Å²) in [6.07, 6.45) is 2.35. The third-order valence-corrected chi connectivity index (χ3v) is 2.68. The van der Waals surface area contributed by atoms with E-state index < -0.39 is 10.9 Å². The number of non-ortho nitro benzene ring substituents is 1. The van der Waals surface area contributed by atoms with Crippen molar-refractivity contribution in [3.8, 4) is 0 Å². The predicted octanol–water partition coefficient (Wildman–Crippen LogP) is 2.34. The summed E-state index contributed by atoms with van der Waals surface area (Å²) < 4.78 is 0. The Morgan fingerprint density at radius 1 is 1.53 bits per heavy atom. The zero-order chi connectivity index (χ0) is 12.6. The van der Waals surface area contributed by atoms with Gasteiger partial charge in [-0.25, -0.2) is 4.79 Å². The molecule has 1 heterocycles. The second-order valence-electron chi connectivity index (χ2n) is 3.65. The van der Waals surface area contributed by atoms with Crippen molar-refractivity contribution in [3.05, 3.63) is 39.6 Å². The van der Waals surface area contributed by atoms with Crippen molar-refractivity contribution in [1.82, 2.24) is 4.98 Å².